The van der Waals surface area contributed by atoms with Crippen LogP contribution in [0.25, 0.3) is 0 Å². The molecule has 0 N–H and O–H groups in total. The quantitative estimate of drug-likeness (QED) is 0.688. The summed E-state index contributed by atoms with van der Waals surface area (Å²) < 4.78 is 0. The summed E-state index contributed by atoms with van der Waals surface area (Å²) in [6.45, 7) is 9.94. The molecule has 0 saturated carbocycles. The summed E-state index contributed by atoms with van der Waals surface area (Å²) in [4.78, 5) is 2.44. The molecule has 1 aromatic rings. The van der Waals surface area contributed by atoms with Gasteiger partial charge in [0, 0.05) is 19.0 Å². The fourth-order valence-electron chi connectivity index (χ4n) is 1.72. The van der Waals surface area contributed by atoms with Crippen LogP contribution in [0.2, 0.25) is 0 Å². The van der Waals surface area contributed by atoms with E-state index in [1.807, 2.05) is 0 Å². The molecule has 96 valence electrons. The van der Waals surface area contributed by atoms with Crippen LogP contribution in [0.1, 0.15) is 32.8 Å². The van der Waals surface area contributed by atoms with Crippen LogP contribution in [0.15, 0.2) is 30.3 Å². The smallest absolute Gasteiger partial charge is 0.0351 e. The van der Waals surface area contributed by atoms with Gasteiger partial charge in [0.2, 0.25) is 0 Å². The Labute approximate surface area is 111 Å². The second-order valence-corrected chi connectivity index (χ2v) is 6.14. The Balaban J connectivity index is 2.49. The molecule has 0 aliphatic carbocycles. The van der Waals surface area contributed by atoms with Crippen molar-refractivity contribution in [1.29, 1.82) is 0 Å². The lowest BCUT2D eigenvalue weighted by atomic mass is 9.92. The number of nitrogens with zero attached hydrogens (tertiary/aromatic N) is 1. The van der Waals surface area contributed by atoms with Crippen molar-refractivity contribution in [1.82, 2.24) is 4.90 Å². The molecule has 0 heterocycles. The van der Waals surface area contributed by atoms with Crippen molar-refractivity contribution in [2.75, 3.05) is 19.0 Å². The molecule has 0 amide bonds. The van der Waals surface area contributed by atoms with Gasteiger partial charge in [-0.05, 0) is 23.9 Å². The fourth-order valence-corrected chi connectivity index (χ4v) is 1.96. The van der Waals surface area contributed by atoms with Crippen molar-refractivity contribution >= 4 is 11.6 Å². The van der Waals surface area contributed by atoms with Crippen LogP contribution in [-0.4, -0.2) is 23.9 Å². The van der Waals surface area contributed by atoms with Gasteiger partial charge in [0.1, 0.15) is 0 Å². The molecule has 0 unspecified atom stereocenters. The van der Waals surface area contributed by atoms with Crippen LogP contribution < -0.4 is 0 Å². The molecular weight excluding hydrogens is 230 g/mol. The monoisotopic (exact) mass is 253 g/mol. The summed E-state index contributed by atoms with van der Waals surface area (Å²) in [7, 11) is 0. The van der Waals surface area contributed by atoms with Gasteiger partial charge in [-0.1, -0.05) is 51.1 Å². The van der Waals surface area contributed by atoms with Crippen LogP contribution in [0.5, 0.6) is 0 Å². The first kappa shape index (κ1) is 14.5. The molecule has 0 radical (unpaired) electrons. The highest BCUT2D eigenvalue weighted by Gasteiger charge is 2.13. The SMILES string of the molecule is CC(C)(C)CCN(CCCl)Cc1ccccc1. The van der Waals surface area contributed by atoms with Crippen molar-refractivity contribution in [2.24, 2.45) is 5.41 Å². The van der Waals surface area contributed by atoms with E-state index < -0.39 is 0 Å². The maximum absolute atomic E-state index is 5.87. The average molecular weight is 254 g/mol. The molecule has 0 aliphatic heterocycles. The van der Waals surface area contributed by atoms with E-state index in [0.29, 0.717) is 11.3 Å². The van der Waals surface area contributed by atoms with Crippen molar-refractivity contribution in [2.45, 2.75) is 33.7 Å². The number of hydrogen-bond acceptors (Lipinski definition) is 1. The predicted octanol–water partition coefficient (Wildman–Crippen LogP) is 4.16. The van der Waals surface area contributed by atoms with E-state index in [9.17, 15) is 0 Å². The molecule has 1 nitrogen and oxygen atoms in total. The maximum Gasteiger partial charge on any atom is 0.0351 e. The standard InChI is InChI=1S/C15H24ClN/c1-15(2,3)9-11-17(12-10-16)13-14-7-5-4-6-8-14/h4-8H,9-13H2,1-3H3. The van der Waals surface area contributed by atoms with Gasteiger partial charge in [0.15, 0.2) is 0 Å². The topological polar surface area (TPSA) is 3.24 Å². The Kier molecular flexibility index (Phi) is 6.01. The minimum absolute atomic E-state index is 0.390. The molecule has 0 saturated heterocycles. The Bertz CT molecular complexity index is 302. The van der Waals surface area contributed by atoms with Crippen LogP contribution in [0.3, 0.4) is 0 Å². The Morgan fingerprint density at radius 3 is 2.24 bits per heavy atom. The van der Waals surface area contributed by atoms with Gasteiger partial charge < -0.3 is 0 Å². The van der Waals surface area contributed by atoms with Crippen LogP contribution in [0, 0.1) is 5.41 Å². The van der Waals surface area contributed by atoms with E-state index in [1.54, 1.807) is 0 Å². The van der Waals surface area contributed by atoms with Gasteiger partial charge in [-0.3, -0.25) is 4.90 Å². The van der Waals surface area contributed by atoms with Crippen molar-refractivity contribution in [3.8, 4) is 0 Å². The number of hydrogen-bond donors (Lipinski definition) is 0. The molecule has 0 bridgehead atoms. The third-order valence-corrected chi connectivity index (χ3v) is 3.00. The zero-order valence-corrected chi connectivity index (χ0v) is 12.0. The lowest BCUT2D eigenvalue weighted by Gasteiger charge is -2.26. The van der Waals surface area contributed by atoms with Gasteiger partial charge in [-0.25, -0.2) is 0 Å². The van der Waals surface area contributed by atoms with E-state index in [4.69, 9.17) is 11.6 Å². The molecule has 0 aliphatic rings. The maximum atomic E-state index is 5.87. The normalized spacial score (nSPS) is 12.1. The number of rotatable bonds is 6. The summed E-state index contributed by atoms with van der Waals surface area (Å²) in [5, 5.41) is 0. The van der Waals surface area contributed by atoms with Gasteiger partial charge >= 0.3 is 0 Å². The zero-order valence-electron chi connectivity index (χ0n) is 11.2. The summed E-state index contributed by atoms with van der Waals surface area (Å²) >= 11 is 5.87. The summed E-state index contributed by atoms with van der Waals surface area (Å²) in [6, 6.07) is 10.6. The first-order valence-electron chi connectivity index (χ1n) is 6.33. The van der Waals surface area contributed by atoms with Crippen LogP contribution in [0.4, 0.5) is 0 Å². The van der Waals surface area contributed by atoms with Gasteiger partial charge in [-0.15, -0.1) is 11.6 Å². The van der Waals surface area contributed by atoms with Crippen LogP contribution >= 0.6 is 11.6 Å². The summed E-state index contributed by atoms with van der Waals surface area (Å²) in [5.74, 6) is 0.705. The third-order valence-electron chi connectivity index (χ3n) is 2.83. The molecule has 0 atom stereocenters. The lowest BCUT2D eigenvalue weighted by Crippen LogP contribution is -2.29. The lowest BCUT2D eigenvalue weighted by molar-refractivity contribution is 0.231. The van der Waals surface area contributed by atoms with E-state index in [0.717, 1.165) is 19.6 Å². The number of alkyl halides is 1. The third kappa shape index (κ3) is 6.70. The summed E-state index contributed by atoms with van der Waals surface area (Å²) in [6.07, 6.45) is 1.21. The number of benzene rings is 1. The zero-order chi connectivity index (χ0) is 12.7. The van der Waals surface area contributed by atoms with Crippen molar-refractivity contribution in [3.63, 3.8) is 0 Å². The minimum Gasteiger partial charge on any atom is -0.298 e. The molecule has 17 heavy (non-hydrogen) atoms. The molecule has 1 aromatic carbocycles. The predicted molar refractivity (Wildman–Crippen MR) is 76.5 cm³/mol. The van der Waals surface area contributed by atoms with Gasteiger partial charge in [-0.2, -0.15) is 0 Å². The average Bonchev–Trinajstić information content (AvgIpc) is 2.27. The van der Waals surface area contributed by atoms with Gasteiger partial charge in [0.25, 0.3) is 0 Å². The Morgan fingerprint density at radius 1 is 1.06 bits per heavy atom. The highest BCUT2D eigenvalue weighted by Crippen LogP contribution is 2.19. The van der Waals surface area contributed by atoms with Crippen molar-refractivity contribution < 1.29 is 0 Å². The summed E-state index contributed by atoms with van der Waals surface area (Å²) in [5.41, 5.74) is 1.76. The Morgan fingerprint density at radius 2 is 1.71 bits per heavy atom. The van der Waals surface area contributed by atoms with Crippen molar-refractivity contribution in [3.05, 3.63) is 35.9 Å². The van der Waals surface area contributed by atoms with E-state index in [1.165, 1.54) is 12.0 Å². The second-order valence-electron chi connectivity index (χ2n) is 5.76. The van der Waals surface area contributed by atoms with Gasteiger partial charge in [0.05, 0.1) is 0 Å². The molecular formula is C15H24ClN. The van der Waals surface area contributed by atoms with E-state index >= 15 is 0 Å². The first-order chi connectivity index (χ1) is 8.01. The minimum atomic E-state index is 0.390. The number of halogens is 1. The molecule has 2 heteroatoms. The fraction of sp³-hybridized carbons (Fsp3) is 0.600. The highest BCUT2D eigenvalue weighted by molar-refractivity contribution is 6.18. The highest BCUT2D eigenvalue weighted by atomic mass is 35.5. The first-order valence-corrected chi connectivity index (χ1v) is 6.87. The van der Waals surface area contributed by atoms with E-state index in [2.05, 4.69) is 56.0 Å². The Hall–Kier alpha value is -0.530. The largest absolute Gasteiger partial charge is 0.298 e. The molecule has 0 aromatic heterocycles. The van der Waals surface area contributed by atoms with E-state index in [-0.39, 0.29) is 0 Å². The van der Waals surface area contributed by atoms with Crippen LogP contribution in [-0.2, 0) is 6.54 Å². The molecule has 0 spiro atoms. The molecule has 1 rings (SSSR count). The molecule has 0 fully saturated rings. The second kappa shape index (κ2) is 7.03.